The van der Waals surface area contributed by atoms with Crippen LogP contribution in [0.25, 0.3) is 21.9 Å². The number of halogens is 1. The number of nitrogens with one attached hydrogen (secondary N) is 1. The molecule has 3 aromatic carbocycles. The second-order valence-electron chi connectivity index (χ2n) is 6.41. The predicted octanol–water partition coefficient (Wildman–Crippen LogP) is 3.48. The molecule has 0 radical (unpaired) electrons. The Hall–Kier alpha value is -3.67. The van der Waals surface area contributed by atoms with Crippen LogP contribution >= 0.6 is 0 Å². The van der Waals surface area contributed by atoms with E-state index in [2.05, 4.69) is 10.2 Å². The SMILES string of the molecule is Nc1ccc(-c2cc(F)cc(Cc3n[nH]c(=O)c4ccccc34)c2)cc1N. The van der Waals surface area contributed by atoms with Crippen LogP contribution in [0.15, 0.2) is 65.5 Å². The summed E-state index contributed by atoms with van der Waals surface area (Å²) in [6.07, 6.45) is 0.381. The number of nitrogen functional groups attached to an aromatic ring is 2. The summed E-state index contributed by atoms with van der Waals surface area (Å²) in [6.45, 7) is 0. The highest BCUT2D eigenvalue weighted by atomic mass is 19.1. The van der Waals surface area contributed by atoms with Gasteiger partial charge in [-0.15, -0.1) is 0 Å². The molecule has 0 saturated heterocycles. The molecule has 4 rings (SSSR count). The molecule has 0 fully saturated rings. The van der Waals surface area contributed by atoms with E-state index in [0.29, 0.717) is 34.4 Å². The molecular formula is C21H17FN4O. The summed E-state index contributed by atoms with van der Waals surface area (Å²) in [5.74, 6) is -0.355. The normalized spacial score (nSPS) is 11.0. The monoisotopic (exact) mass is 360 g/mol. The number of fused-ring (bicyclic) bond motifs is 1. The van der Waals surface area contributed by atoms with E-state index in [1.807, 2.05) is 18.2 Å². The van der Waals surface area contributed by atoms with E-state index < -0.39 is 0 Å². The molecule has 0 aliphatic carbocycles. The van der Waals surface area contributed by atoms with Gasteiger partial charge in [-0.3, -0.25) is 4.79 Å². The molecule has 134 valence electrons. The van der Waals surface area contributed by atoms with Crippen molar-refractivity contribution in [2.75, 3.05) is 11.5 Å². The van der Waals surface area contributed by atoms with Crippen LogP contribution in [0.1, 0.15) is 11.3 Å². The largest absolute Gasteiger partial charge is 0.397 e. The molecule has 6 heteroatoms. The molecule has 0 atom stereocenters. The van der Waals surface area contributed by atoms with Gasteiger partial charge in [-0.2, -0.15) is 5.10 Å². The van der Waals surface area contributed by atoms with E-state index in [1.165, 1.54) is 12.1 Å². The number of aromatic amines is 1. The number of hydrogen-bond donors (Lipinski definition) is 3. The van der Waals surface area contributed by atoms with Crippen LogP contribution in [0.3, 0.4) is 0 Å². The first-order valence-corrected chi connectivity index (χ1v) is 8.42. The number of hydrogen-bond acceptors (Lipinski definition) is 4. The van der Waals surface area contributed by atoms with Gasteiger partial charge in [-0.1, -0.05) is 30.3 Å². The molecule has 5 nitrogen and oxygen atoms in total. The molecule has 0 bridgehead atoms. The van der Waals surface area contributed by atoms with Crippen molar-refractivity contribution in [3.63, 3.8) is 0 Å². The summed E-state index contributed by atoms with van der Waals surface area (Å²) < 4.78 is 14.2. The lowest BCUT2D eigenvalue weighted by molar-refractivity contribution is 0.626. The second kappa shape index (κ2) is 6.57. The lowest BCUT2D eigenvalue weighted by atomic mass is 9.98. The first kappa shape index (κ1) is 16.8. The Morgan fingerprint density at radius 1 is 0.889 bits per heavy atom. The highest BCUT2D eigenvalue weighted by Gasteiger charge is 2.10. The third kappa shape index (κ3) is 3.25. The lowest BCUT2D eigenvalue weighted by Crippen LogP contribution is -2.11. The first-order chi connectivity index (χ1) is 13.0. The number of nitrogens with two attached hydrogens (primary N) is 2. The van der Waals surface area contributed by atoms with Gasteiger partial charge in [0, 0.05) is 11.8 Å². The zero-order valence-corrected chi connectivity index (χ0v) is 14.4. The summed E-state index contributed by atoms with van der Waals surface area (Å²) in [4.78, 5) is 11.9. The van der Waals surface area contributed by atoms with Gasteiger partial charge < -0.3 is 11.5 Å². The van der Waals surface area contributed by atoms with Crippen molar-refractivity contribution in [3.8, 4) is 11.1 Å². The van der Waals surface area contributed by atoms with E-state index in [4.69, 9.17) is 11.5 Å². The smallest absolute Gasteiger partial charge is 0.272 e. The van der Waals surface area contributed by atoms with Crippen LogP contribution in [-0.2, 0) is 6.42 Å². The van der Waals surface area contributed by atoms with E-state index in [9.17, 15) is 9.18 Å². The molecule has 0 spiro atoms. The van der Waals surface area contributed by atoms with Gasteiger partial charge in [0.05, 0.1) is 22.5 Å². The first-order valence-electron chi connectivity index (χ1n) is 8.42. The molecule has 4 aromatic rings. The van der Waals surface area contributed by atoms with Crippen molar-refractivity contribution < 1.29 is 4.39 Å². The fourth-order valence-electron chi connectivity index (χ4n) is 3.17. The minimum atomic E-state index is -0.355. The molecule has 0 unspecified atom stereocenters. The van der Waals surface area contributed by atoms with Crippen LogP contribution in [-0.4, -0.2) is 10.2 Å². The standard InChI is InChI=1S/C21H17FN4O/c22-15-8-12(7-14(10-15)13-5-6-18(23)19(24)11-13)9-20-16-3-1-2-4-17(16)21(27)26-25-20/h1-8,10-11H,9,23-24H2,(H,26,27). The average molecular weight is 360 g/mol. The van der Waals surface area contributed by atoms with Gasteiger partial charge in [0.1, 0.15) is 5.82 Å². The topological polar surface area (TPSA) is 97.8 Å². The molecule has 5 N–H and O–H groups in total. The third-order valence-electron chi connectivity index (χ3n) is 4.52. The van der Waals surface area contributed by atoms with Crippen LogP contribution in [0, 0.1) is 5.82 Å². The molecule has 1 aromatic heterocycles. The summed E-state index contributed by atoms with van der Waals surface area (Å²) >= 11 is 0. The maximum absolute atomic E-state index is 14.2. The quantitative estimate of drug-likeness (QED) is 0.487. The highest BCUT2D eigenvalue weighted by Crippen LogP contribution is 2.28. The fraction of sp³-hybridized carbons (Fsp3) is 0.0476. The average Bonchev–Trinajstić information content (AvgIpc) is 2.66. The van der Waals surface area contributed by atoms with Crippen molar-refractivity contribution in [2.24, 2.45) is 0 Å². The van der Waals surface area contributed by atoms with Crippen molar-refractivity contribution in [3.05, 3.63) is 88.1 Å². The number of rotatable bonds is 3. The van der Waals surface area contributed by atoms with E-state index >= 15 is 0 Å². The lowest BCUT2D eigenvalue weighted by Gasteiger charge is -2.09. The van der Waals surface area contributed by atoms with Gasteiger partial charge in [0.2, 0.25) is 0 Å². The second-order valence-corrected chi connectivity index (χ2v) is 6.41. The van der Waals surface area contributed by atoms with Crippen LogP contribution in [0.2, 0.25) is 0 Å². The van der Waals surface area contributed by atoms with Gasteiger partial charge in [-0.25, -0.2) is 9.49 Å². The third-order valence-corrected chi connectivity index (χ3v) is 4.52. The summed E-state index contributed by atoms with van der Waals surface area (Å²) in [7, 11) is 0. The number of benzene rings is 3. The number of anilines is 2. The molecule has 0 aliphatic heterocycles. The molecule has 0 saturated carbocycles. The van der Waals surface area contributed by atoms with Gasteiger partial charge in [0.15, 0.2) is 0 Å². The Balaban J connectivity index is 1.78. The summed E-state index contributed by atoms with van der Waals surface area (Å²) in [5.41, 5.74) is 15.2. The Labute approximate surface area is 154 Å². The van der Waals surface area contributed by atoms with Crippen LogP contribution in [0.5, 0.6) is 0 Å². The molecule has 0 amide bonds. The number of aromatic nitrogens is 2. The zero-order valence-electron chi connectivity index (χ0n) is 14.4. The number of nitrogens with zero attached hydrogens (tertiary/aromatic N) is 1. The van der Waals surface area contributed by atoms with Crippen molar-refractivity contribution in [1.82, 2.24) is 10.2 Å². The maximum atomic E-state index is 14.2. The van der Waals surface area contributed by atoms with E-state index in [1.54, 1.807) is 30.3 Å². The van der Waals surface area contributed by atoms with Crippen molar-refractivity contribution in [1.29, 1.82) is 0 Å². The summed E-state index contributed by atoms with van der Waals surface area (Å²) in [6, 6.07) is 17.3. The molecule has 0 aliphatic rings. The maximum Gasteiger partial charge on any atom is 0.272 e. The minimum Gasteiger partial charge on any atom is -0.397 e. The van der Waals surface area contributed by atoms with Gasteiger partial charge >= 0.3 is 0 Å². The van der Waals surface area contributed by atoms with E-state index in [-0.39, 0.29) is 11.4 Å². The number of H-pyrrole nitrogens is 1. The molecular weight excluding hydrogens is 343 g/mol. The van der Waals surface area contributed by atoms with Gasteiger partial charge in [0.25, 0.3) is 5.56 Å². The van der Waals surface area contributed by atoms with Crippen molar-refractivity contribution in [2.45, 2.75) is 6.42 Å². The molecule has 27 heavy (non-hydrogen) atoms. The van der Waals surface area contributed by atoms with Crippen molar-refractivity contribution >= 4 is 22.1 Å². The zero-order chi connectivity index (χ0) is 19.0. The molecule has 1 heterocycles. The Kier molecular flexibility index (Phi) is 4.08. The predicted molar refractivity (Wildman–Crippen MR) is 106 cm³/mol. The Morgan fingerprint density at radius 2 is 1.67 bits per heavy atom. The minimum absolute atomic E-state index is 0.244. The van der Waals surface area contributed by atoms with Crippen LogP contribution in [0.4, 0.5) is 15.8 Å². The Bertz CT molecular complexity index is 1220. The fourth-order valence-corrected chi connectivity index (χ4v) is 3.17. The summed E-state index contributed by atoms with van der Waals surface area (Å²) in [5, 5.41) is 7.99. The Morgan fingerprint density at radius 3 is 2.44 bits per heavy atom. The van der Waals surface area contributed by atoms with E-state index in [0.717, 1.165) is 16.5 Å². The van der Waals surface area contributed by atoms with Crippen LogP contribution < -0.4 is 17.0 Å². The van der Waals surface area contributed by atoms with Gasteiger partial charge in [-0.05, 0) is 47.0 Å². The highest BCUT2D eigenvalue weighted by molar-refractivity contribution is 5.83.